The van der Waals surface area contributed by atoms with Gasteiger partial charge in [0.1, 0.15) is 0 Å². The van der Waals surface area contributed by atoms with Gasteiger partial charge in [-0.1, -0.05) is 19.1 Å². The molecule has 1 unspecified atom stereocenters. The summed E-state index contributed by atoms with van der Waals surface area (Å²) >= 11 is -1.92. The van der Waals surface area contributed by atoms with E-state index in [0.717, 1.165) is 0 Å². The van der Waals surface area contributed by atoms with E-state index in [0.29, 0.717) is 17.7 Å². The third kappa shape index (κ3) is 19.4. The first-order chi connectivity index (χ1) is 11.9. The molecule has 0 aliphatic rings. The Kier molecular flexibility index (Phi) is 23.0. The zero-order valence-electron chi connectivity index (χ0n) is 15.8. The van der Waals surface area contributed by atoms with Crippen molar-refractivity contribution >= 4 is 43.1 Å². The van der Waals surface area contributed by atoms with Crippen LogP contribution in [0.1, 0.15) is 18.9 Å². The van der Waals surface area contributed by atoms with E-state index in [9.17, 15) is 26.5 Å². The van der Waals surface area contributed by atoms with Crippen molar-refractivity contribution in [1.82, 2.24) is 0 Å². The van der Waals surface area contributed by atoms with Gasteiger partial charge in [-0.3, -0.25) is 4.21 Å². The molecule has 0 spiro atoms. The number of aliphatic hydroxyl groups is 1. The van der Waals surface area contributed by atoms with Crippen LogP contribution >= 0.6 is 11.8 Å². The first kappa shape index (κ1) is 35.3. The maximum absolute atomic E-state index is 12.1. The Morgan fingerprint density at radius 1 is 1.07 bits per heavy atom. The van der Waals surface area contributed by atoms with E-state index in [1.165, 1.54) is 36.0 Å². The van der Waals surface area contributed by atoms with E-state index in [-0.39, 0.29) is 120 Å². The minimum atomic E-state index is -4.28. The number of rotatable bonds is 9. The summed E-state index contributed by atoms with van der Waals surface area (Å²) in [6.07, 6.45) is 0.618. The molecule has 0 fully saturated rings. The summed E-state index contributed by atoms with van der Waals surface area (Å²) in [5.74, 6) is -0.291. The zero-order chi connectivity index (χ0) is 20.4. The van der Waals surface area contributed by atoms with Gasteiger partial charge < -0.3 is 18.8 Å². The Hall–Kier alpha value is 2.73. The van der Waals surface area contributed by atoms with E-state index in [1.807, 2.05) is 6.92 Å². The van der Waals surface area contributed by atoms with Crippen LogP contribution in [0.4, 0.5) is 0 Å². The molecule has 28 heavy (non-hydrogen) atoms. The second-order valence-electron chi connectivity index (χ2n) is 4.91. The third-order valence-corrected chi connectivity index (χ3v) is 6.79. The molecule has 0 amide bonds. The molecule has 0 radical (unpaired) electrons. The van der Waals surface area contributed by atoms with Gasteiger partial charge in [-0.05, 0) is 30.5 Å². The number of aliphatic hydroxyl groups excluding tert-OH is 1. The number of hydrogen-bond donors (Lipinski definition) is 1. The molecule has 0 aliphatic carbocycles. The second-order valence-corrected chi connectivity index (χ2v) is 10.2. The van der Waals surface area contributed by atoms with Crippen LogP contribution in [0.3, 0.4) is 0 Å². The minimum absolute atomic E-state index is 0. The first-order valence-corrected chi connectivity index (χ1v) is 12.5. The van der Waals surface area contributed by atoms with Crippen molar-refractivity contribution in [3.63, 3.8) is 0 Å². The van der Waals surface area contributed by atoms with E-state index in [1.54, 1.807) is 0 Å². The molecule has 0 heterocycles. The summed E-state index contributed by atoms with van der Waals surface area (Å²) in [5, 5.41) is 9.38. The SMILES string of the molecule is CCC(O)SCCS(=O)(=O)c1ccc(CCS(=O)(=O)[O-])cc1.O=S([O-])[O-].[K+].[K+]. The number of hydrogen-bond acceptors (Lipinski definition) is 10. The van der Waals surface area contributed by atoms with Crippen LogP contribution in [0.2, 0.25) is 0 Å². The molecule has 1 rings (SSSR count). The van der Waals surface area contributed by atoms with Crippen molar-refractivity contribution < 1.29 is 143 Å². The summed E-state index contributed by atoms with van der Waals surface area (Å²) in [6.45, 7) is 1.81. The number of aryl methyl sites for hydroxylation is 1. The van der Waals surface area contributed by atoms with E-state index >= 15 is 0 Å². The maximum atomic E-state index is 12.1. The Morgan fingerprint density at radius 3 is 1.93 bits per heavy atom. The molecule has 0 saturated carbocycles. The van der Waals surface area contributed by atoms with Crippen LogP contribution < -0.4 is 103 Å². The molecule has 152 valence electrons. The van der Waals surface area contributed by atoms with Crippen LogP contribution in [0.5, 0.6) is 0 Å². The van der Waals surface area contributed by atoms with Crippen molar-refractivity contribution in [3.05, 3.63) is 29.8 Å². The molecule has 0 saturated heterocycles. The molecule has 15 heteroatoms. The van der Waals surface area contributed by atoms with Gasteiger partial charge in [-0.25, -0.2) is 16.8 Å². The second kappa shape index (κ2) is 18.2. The molecule has 0 aliphatic heterocycles. The quantitative estimate of drug-likeness (QED) is 0.141. The molecule has 1 aromatic rings. The van der Waals surface area contributed by atoms with Gasteiger partial charge in [0.25, 0.3) is 0 Å². The predicted octanol–water partition coefficient (Wildman–Crippen LogP) is -5.99. The van der Waals surface area contributed by atoms with Gasteiger partial charge >= 0.3 is 103 Å². The van der Waals surface area contributed by atoms with Gasteiger partial charge in [0.05, 0.1) is 26.2 Å². The molecule has 0 aromatic heterocycles. The van der Waals surface area contributed by atoms with Crippen LogP contribution in [0.25, 0.3) is 0 Å². The first-order valence-electron chi connectivity index (χ1n) is 7.19. The monoisotopic (exact) mass is 525 g/mol. The minimum Gasteiger partial charge on any atom is -0.784 e. The third-order valence-electron chi connectivity index (χ3n) is 2.93. The van der Waals surface area contributed by atoms with Crippen LogP contribution in [-0.2, 0) is 37.7 Å². The summed E-state index contributed by atoms with van der Waals surface area (Å²) in [4.78, 5) is 0.146. The van der Waals surface area contributed by atoms with Crippen molar-refractivity contribution in [1.29, 1.82) is 0 Å². The molecular formula is C13H19K2O9S4-. The summed E-state index contributed by atoms with van der Waals surface area (Å²) in [7, 11) is -7.71. The van der Waals surface area contributed by atoms with E-state index < -0.39 is 42.5 Å². The Balaban J connectivity index is -0.000000948. The molecule has 9 nitrogen and oxygen atoms in total. The summed E-state index contributed by atoms with van der Waals surface area (Å²) in [6, 6.07) is 5.82. The van der Waals surface area contributed by atoms with Crippen molar-refractivity contribution in [2.45, 2.75) is 30.1 Å². The van der Waals surface area contributed by atoms with Crippen LogP contribution in [-0.4, -0.2) is 62.5 Å². The van der Waals surface area contributed by atoms with Gasteiger partial charge in [0, 0.05) is 11.5 Å². The molecule has 1 aromatic carbocycles. The normalized spacial score (nSPS) is 12.2. The van der Waals surface area contributed by atoms with Gasteiger partial charge in [0.2, 0.25) is 0 Å². The smallest absolute Gasteiger partial charge is 0.784 e. The van der Waals surface area contributed by atoms with E-state index in [2.05, 4.69) is 0 Å². The average Bonchev–Trinajstić information content (AvgIpc) is 2.51. The maximum Gasteiger partial charge on any atom is 1.00 e. The van der Waals surface area contributed by atoms with Gasteiger partial charge in [-0.15, -0.1) is 23.1 Å². The fourth-order valence-corrected chi connectivity index (χ4v) is 4.68. The predicted molar refractivity (Wildman–Crippen MR) is 95.2 cm³/mol. The fraction of sp³-hybridized carbons (Fsp3) is 0.538. The molecular weight excluding hydrogens is 507 g/mol. The van der Waals surface area contributed by atoms with Gasteiger partial charge in [0.15, 0.2) is 9.84 Å². The molecule has 1 atom stereocenters. The van der Waals surface area contributed by atoms with Crippen molar-refractivity contribution in [2.75, 3.05) is 17.3 Å². The fourth-order valence-electron chi connectivity index (χ4n) is 1.64. The van der Waals surface area contributed by atoms with Crippen molar-refractivity contribution in [3.8, 4) is 0 Å². The summed E-state index contributed by atoms with van der Waals surface area (Å²) < 4.78 is 81.2. The Morgan fingerprint density at radius 2 is 1.54 bits per heavy atom. The Bertz CT molecular complexity index is 764. The van der Waals surface area contributed by atoms with Gasteiger partial charge in [-0.2, -0.15) is 0 Å². The average molecular weight is 526 g/mol. The summed E-state index contributed by atoms with van der Waals surface area (Å²) in [5.41, 5.74) is 0.0285. The molecule has 1 N–H and O–H groups in total. The zero-order valence-corrected chi connectivity index (χ0v) is 25.3. The number of benzene rings is 1. The Labute approximate surface area is 257 Å². The largest absolute Gasteiger partial charge is 1.00 e. The number of thioether (sulfide) groups is 1. The standard InChI is InChI=1S/C13H20O6S3.2K.H2O3S/c1-2-13(14)20-8-10-21(15,16)12-5-3-11(4-6-12)7-9-22(17,18)19;;;1-4(2)3/h3-6,13-14H,2,7-10H2,1H3,(H,17,18,19);;;(H2,1,2,3)/q;2*+1;/p-3. The van der Waals surface area contributed by atoms with E-state index in [4.69, 9.17) is 13.3 Å². The molecule has 0 bridgehead atoms. The number of sulfone groups is 1. The van der Waals surface area contributed by atoms with Crippen LogP contribution in [0, 0.1) is 0 Å². The van der Waals surface area contributed by atoms with Crippen LogP contribution in [0.15, 0.2) is 29.2 Å². The van der Waals surface area contributed by atoms with Crippen molar-refractivity contribution in [2.24, 2.45) is 0 Å². The topological polar surface area (TPSA) is 175 Å².